The van der Waals surface area contributed by atoms with Crippen LogP contribution < -0.4 is 75.1 Å². The number of hydrogen-bond acceptors (Lipinski definition) is 10. The molecule has 4 aromatic rings. The number of aromatic nitrogens is 4. The normalized spacial score (nSPS) is 12.2. The third-order valence-electron chi connectivity index (χ3n) is 6.23. The van der Waals surface area contributed by atoms with Crippen molar-refractivity contribution >= 4 is 12.0 Å². The van der Waals surface area contributed by atoms with E-state index in [4.69, 9.17) is 4.74 Å². The zero-order valence-corrected chi connectivity index (χ0v) is 35.7. The van der Waals surface area contributed by atoms with Crippen LogP contribution in [0.25, 0.3) is 0 Å². The Morgan fingerprint density at radius 1 is 0.725 bits per heavy atom. The molecule has 0 bridgehead atoms. The van der Waals surface area contributed by atoms with Crippen LogP contribution in [0.3, 0.4) is 0 Å². The number of carbonyl (C=O) groups is 1. The molecule has 0 aliphatic carbocycles. The summed E-state index contributed by atoms with van der Waals surface area (Å²) in [6, 6.07) is 22.6. The van der Waals surface area contributed by atoms with Crippen LogP contribution in [0.2, 0.25) is 0 Å². The minimum atomic E-state index is -0.512. The summed E-state index contributed by atoms with van der Waals surface area (Å²) in [6.07, 6.45) is 11.1. The molecule has 1 unspecified atom stereocenters. The molecule has 0 saturated carbocycles. The molecule has 4 aromatic heterocycles. The SMILES string of the molecule is C1CCOC1.CC(C)(C)N=C=O.CC(C)(C)NC(=O)C(NCc1ccccn1)c1ccccn1.[Na+].[Na+].c1ccc(CNCc2ccccn2)nc1. The molecule has 1 fully saturated rings. The van der Waals surface area contributed by atoms with Gasteiger partial charge < -0.3 is 15.4 Å². The van der Waals surface area contributed by atoms with Gasteiger partial charge in [0.05, 0.1) is 28.3 Å². The van der Waals surface area contributed by atoms with Crippen LogP contribution in [-0.2, 0) is 34.0 Å². The number of isocyanates is 1. The van der Waals surface area contributed by atoms with Gasteiger partial charge in [0, 0.05) is 63.2 Å². The van der Waals surface area contributed by atoms with Gasteiger partial charge in [-0.05, 0) is 103 Å². The maximum absolute atomic E-state index is 12.5. The van der Waals surface area contributed by atoms with E-state index in [-0.39, 0.29) is 76.1 Å². The summed E-state index contributed by atoms with van der Waals surface area (Å²) >= 11 is 0. The van der Waals surface area contributed by atoms with Crippen molar-refractivity contribution in [3.63, 3.8) is 0 Å². The number of amides is 1. The maximum atomic E-state index is 12.5. The molecule has 0 aromatic carbocycles. The van der Waals surface area contributed by atoms with Gasteiger partial charge in [0.25, 0.3) is 0 Å². The number of pyridine rings is 4. The van der Waals surface area contributed by atoms with Crippen LogP contribution in [0.1, 0.15) is 83.2 Å². The quantitative estimate of drug-likeness (QED) is 0.123. The number of nitrogens with one attached hydrogen (secondary N) is 3. The van der Waals surface area contributed by atoms with Crippen LogP contribution in [-0.4, -0.2) is 56.2 Å². The monoisotopic (exact) mass is 714 g/mol. The maximum Gasteiger partial charge on any atom is 1.00 e. The summed E-state index contributed by atoms with van der Waals surface area (Å²) in [5, 5.41) is 9.52. The fourth-order valence-electron chi connectivity index (χ4n) is 4.00. The zero-order chi connectivity index (χ0) is 35.8. The summed E-state index contributed by atoms with van der Waals surface area (Å²) in [5.41, 5.74) is 3.13. The van der Waals surface area contributed by atoms with E-state index in [0.29, 0.717) is 12.2 Å². The van der Waals surface area contributed by atoms with Gasteiger partial charge in [0.2, 0.25) is 12.0 Å². The number of rotatable bonds is 9. The van der Waals surface area contributed by atoms with Crippen LogP contribution in [0.5, 0.6) is 0 Å². The molecule has 5 rings (SSSR count). The van der Waals surface area contributed by atoms with E-state index in [0.717, 1.165) is 43.4 Å². The molecule has 1 aliphatic rings. The Morgan fingerprint density at radius 3 is 1.49 bits per heavy atom. The number of nitrogens with zero attached hydrogens (tertiary/aromatic N) is 5. The third kappa shape index (κ3) is 25.0. The standard InChI is InChI=1S/C17H22N4O.C12H13N3.C5H9NO.C4H8O.2Na/c1-17(2,3)21-16(22)15(14-9-5-7-11-19-14)20-12-13-8-4-6-10-18-13;1-3-7-14-11(5-1)9-13-10-12-6-2-4-8-15-12;1-5(2,3)6-4-7;1-2-4-5-3-1;;/h4-11,15,20H,12H2,1-3H3,(H,21,22);1-8,13H,9-10H2;1-3H3;1-4H2;;/q;;;;2*+1. The molecular formula is C38H52N8Na2O3+2. The molecule has 51 heavy (non-hydrogen) atoms. The number of ether oxygens (including phenoxy) is 1. The average Bonchev–Trinajstić information content (AvgIpc) is 3.67. The molecule has 1 atom stereocenters. The van der Waals surface area contributed by atoms with Gasteiger partial charge in [-0.3, -0.25) is 30.0 Å². The number of carbonyl (C=O) groups excluding carboxylic acids is 2. The fourth-order valence-corrected chi connectivity index (χ4v) is 4.00. The van der Waals surface area contributed by atoms with Gasteiger partial charge in [-0.25, -0.2) is 9.79 Å². The number of aliphatic imine (C=N–C) groups is 1. The van der Waals surface area contributed by atoms with Crippen LogP contribution >= 0.6 is 0 Å². The first-order valence-electron chi connectivity index (χ1n) is 16.5. The van der Waals surface area contributed by atoms with E-state index in [1.807, 2.05) is 114 Å². The Hall–Kier alpha value is -2.67. The predicted molar refractivity (Wildman–Crippen MR) is 193 cm³/mol. The second-order valence-corrected chi connectivity index (χ2v) is 13.1. The Balaban J connectivity index is 0.000000741. The van der Waals surface area contributed by atoms with Crippen LogP contribution in [0.15, 0.2) is 103 Å². The first-order chi connectivity index (χ1) is 23.5. The van der Waals surface area contributed by atoms with Crippen molar-refractivity contribution in [3.05, 3.63) is 120 Å². The summed E-state index contributed by atoms with van der Waals surface area (Å²) in [7, 11) is 0. The van der Waals surface area contributed by atoms with Gasteiger partial charge in [-0.2, -0.15) is 0 Å². The number of hydrogen-bond donors (Lipinski definition) is 3. The van der Waals surface area contributed by atoms with Gasteiger partial charge in [0.1, 0.15) is 6.04 Å². The minimum Gasteiger partial charge on any atom is -0.381 e. The largest absolute Gasteiger partial charge is 1.00 e. The Kier molecular flexibility index (Phi) is 26.5. The topological polar surface area (TPSA) is 143 Å². The van der Waals surface area contributed by atoms with Gasteiger partial charge in [0.15, 0.2) is 0 Å². The Labute approximate surface area is 348 Å². The smallest absolute Gasteiger partial charge is 0.381 e. The Bertz CT molecular complexity index is 1430. The van der Waals surface area contributed by atoms with E-state index in [1.54, 1.807) is 24.8 Å². The predicted octanol–water partition coefficient (Wildman–Crippen LogP) is -0.0859. The van der Waals surface area contributed by atoms with Crippen molar-refractivity contribution in [1.82, 2.24) is 35.9 Å². The summed E-state index contributed by atoms with van der Waals surface area (Å²) in [6.45, 7) is 15.5. The van der Waals surface area contributed by atoms with E-state index in [9.17, 15) is 9.59 Å². The Morgan fingerprint density at radius 2 is 1.18 bits per heavy atom. The zero-order valence-electron chi connectivity index (χ0n) is 31.7. The van der Waals surface area contributed by atoms with E-state index < -0.39 is 6.04 Å². The van der Waals surface area contributed by atoms with Crippen molar-refractivity contribution in [3.8, 4) is 0 Å². The molecule has 1 amide bonds. The molecule has 13 heteroatoms. The molecular weight excluding hydrogens is 662 g/mol. The van der Waals surface area contributed by atoms with Crippen molar-refractivity contribution in [2.75, 3.05) is 13.2 Å². The van der Waals surface area contributed by atoms with Crippen molar-refractivity contribution in [1.29, 1.82) is 0 Å². The molecule has 0 spiro atoms. The van der Waals surface area contributed by atoms with Crippen molar-refractivity contribution < 1.29 is 73.4 Å². The van der Waals surface area contributed by atoms with E-state index in [1.165, 1.54) is 18.9 Å². The van der Waals surface area contributed by atoms with Crippen LogP contribution in [0.4, 0.5) is 0 Å². The minimum absolute atomic E-state index is 0. The third-order valence-corrected chi connectivity index (χ3v) is 6.23. The molecule has 262 valence electrons. The van der Waals surface area contributed by atoms with Gasteiger partial charge in [-0.15, -0.1) is 0 Å². The van der Waals surface area contributed by atoms with Gasteiger partial charge in [-0.1, -0.05) is 24.3 Å². The summed E-state index contributed by atoms with van der Waals surface area (Å²) in [4.78, 5) is 42.5. The summed E-state index contributed by atoms with van der Waals surface area (Å²) in [5.74, 6) is -0.0952. The first kappa shape index (κ1) is 48.3. The van der Waals surface area contributed by atoms with E-state index >= 15 is 0 Å². The van der Waals surface area contributed by atoms with Crippen molar-refractivity contribution in [2.24, 2.45) is 4.99 Å². The average molecular weight is 715 g/mol. The molecule has 1 aliphatic heterocycles. The molecule has 5 heterocycles. The second kappa shape index (κ2) is 27.9. The van der Waals surface area contributed by atoms with Gasteiger partial charge >= 0.3 is 59.1 Å². The van der Waals surface area contributed by atoms with E-state index in [2.05, 4.69) is 40.9 Å². The van der Waals surface area contributed by atoms with Crippen molar-refractivity contribution in [2.45, 2.75) is 91.1 Å². The second-order valence-electron chi connectivity index (χ2n) is 13.1. The molecule has 1 saturated heterocycles. The molecule has 0 radical (unpaired) electrons. The fraction of sp³-hybridized carbons (Fsp3) is 0.421. The summed E-state index contributed by atoms with van der Waals surface area (Å²) < 4.78 is 4.94. The molecule has 3 N–H and O–H groups in total. The molecule has 11 nitrogen and oxygen atoms in total. The van der Waals surface area contributed by atoms with Crippen LogP contribution in [0, 0.1) is 0 Å². The first-order valence-corrected chi connectivity index (χ1v) is 16.5.